The van der Waals surface area contributed by atoms with E-state index in [1.54, 1.807) is 11.3 Å². The van der Waals surface area contributed by atoms with Crippen molar-refractivity contribution in [3.8, 4) is 0 Å². The van der Waals surface area contributed by atoms with Gasteiger partial charge in [-0.3, -0.25) is 4.90 Å². The Morgan fingerprint density at radius 2 is 2.29 bits per heavy atom. The van der Waals surface area contributed by atoms with Gasteiger partial charge in [0.25, 0.3) is 0 Å². The predicted octanol–water partition coefficient (Wildman–Crippen LogP) is 1.99. The van der Waals surface area contributed by atoms with Crippen LogP contribution in [-0.2, 0) is 31.0 Å². The minimum absolute atomic E-state index is 0.551. The molecule has 0 spiro atoms. The molecule has 0 saturated heterocycles. The van der Waals surface area contributed by atoms with Crippen molar-refractivity contribution in [2.45, 2.75) is 46.5 Å². The van der Waals surface area contributed by atoms with Gasteiger partial charge in [0, 0.05) is 38.2 Å². The third-order valence-electron chi connectivity index (χ3n) is 3.63. The lowest BCUT2D eigenvalue weighted by molar-refractivity contribution is 0.129. The van der Waals surface area contributed by atoms with Gasteiger partial charge in [-0.25, -0.2) is 9.67 Å². The van der Waals surface area contributed by atoms with Crippen LogP contribution >= 0.6 is 11.3 Å². The zero-order valence-electron chi connectivity index (χ0n) is 12.6. The second-order valence-corrected chi connectivity index (χ2v) is 6.33. The molecule has 0 N–H and O–H groups in total. The molecule has 2 aromatic heterocycles. The van der Waals surface area contributed by atoms with Crippen molar-refractivity contribution in [3.63, 3.8) is 0 Å². The van der Waals surface area contributed by atoms with Crippen LogP contribution in [-0.4, -0.2) is 38.0 Å². The monoisotopic (exact) mass is 307 g/mol. The molecule has 6 nitrogen and oxygen atoms in total. The second kappa shape index (κ2) is 6.64. The number of aromatic nitrogens is 4. The van der Waals surface area contributed by atoms with Crippen LogP contribution in [0.3, 0.4) is 0 Å². The SMILES string of the molecule is CCOCc1nnn2c1CN(Cc1csc(C)n1)CCC2. The number of rotatable bonds is 5. The highest BCUT2D eigenvalue weighted by atomic mass is 32.1. The largest absolute Gasteiger partial charge is 0.375 e. The highest BCUT2D eigenvalue weighted by Crippen LogP contribution is 2.18. The first kappa shape index (κ1) is 14.6. The molecule has 7 heteroatoms. The molecular weight excluding hydrogens is 286 g/mol. The molecule has 1 aliphatic rings. The Balaban J connectivity index is 1.73. The zero-order valence-corrected chi connectivity index (χ0v) is 13.4. The molecule has 114 valence electrons. The quantitative estimate of drug-likeness (QED) is 0.845. The summed E-state index contributed by atoms with van der Waals surface area (Å²) in [6.45, 7) is 9.06. The van der Waals surface area contributed by atoms with Crippen molar-refractivity contribution < 1.29 is 4.74 Å². The number of hydrogen-bond acceptors (Lipinski definition) is 6. The summed E-state index contributed by atoms with van der Waals surface area (Å²) in [6.07, 6.45) is 1.09. The average Bonchev–Trinajstić information content (AvgIpc) is 2.98. The summed E-state index contributed by atoms with van der Waals surface area (Å²) >= 11 is 1.71. The average molecular weight is 307 g/mol. The van der Waals surface area contributed by atoms with Gasteiger partial charge < -0.3 is 4.74 Å². The smallest absolute Gasteiger partial charge is 0.113 e. The minimum atomic E-state index is 0.551. The lowest BCUT2D eigenvalue weighted by Gasteiger charge is -2.18. The minimum Gasteiger partial charge on any atom is -0.375 e. The van der Waals surface area contributed by atoms with E-state index in [-0.39, 0.29) is 0 Å². The molecular formula is C14H21N5OS. The lowest BCUT2D eigenvalue weighted by Crippen LogP contribution is -2.23. The van der Waals surface area contributed by atoms with Crippen LogP contribution in [0.2, 0.25) is 0 Å². The molecule has 0 amide bonds. The second-order valence-electron chi connectivity index (χ2n) is 5.27. The number of thiazole rings is 1. The van der Waals surface area contributed by atoms with Gasteiger partial charge in [-0.2, -0.15) is 0 Å². The highest BCUT2D eigenvalue weighted by Gasteiger charge is 2.20. The number of ether oxygens (including phenoxy) is 1. The molecule has 0 aliphatic carbocycles. The number of hydrogen-bond donors (Lipinski definition) is 0. The molecule has 2 aromatic rings. The van der Waals surface area contributed by atoms with Gasteiger partial charge in [-0.05, 0) is 20.3 Å². The van der Waals surface area contributed by atoms with Gasteiger partial charge in [0.2, 0.25) is 0 Å². The molecule has 0 aromatic carbocycles. The van der Waals surface area contributed by atoms with E-state index in [4.69, 9.17) is 4.74 Å². The molecule has 0 radical (unpaired) electrons. The van der Waals surface area contributed by atoms with E-state index in [2.05, 4.69) is 32.5 Å². The van der Waals surface area contributed by atoms with Crippen LogP contribution in [0.4, 0.5) is 0 Å². The summed E-state index contributed by atoms with van der Waals surface area (Å²) in [5.74, 6) is 0. The normalized spacial score (nSPS) is 15.9. The van der Waals surface area contributed by atoms with Gasteiger partial charge in [0.1, 0.15) is 5.69 Å². The maximum Gasteiger partial charge on any atom is 0.113 e. The number of fused-ring (bicyclic) bond motifs is 1. The van der Waals surface area contributed by atoms with Gasteiger partial charge in [0.05, 0.1) is 23.0 Å². The Morgan fingerprint density at radius 1 is 1.38 bits per heavy atom. The van der Waals surface area contributed by atoms with Crippen LogP contribution in [0.5, 0.6) is 0 Å². The number of nitrogens with zero attached hydrogens (tertiary/aromatic N) is 5. The summed E-state index contributed by atoms with van der Waals surface area (Å²) in [5, 5.41) is 11.8. The first-order valence-electron chi connectivity index (χ1n) is 7.38. The summed E-state index contributed by atoms with van der Waals surface area (Å²) in [7, 11) is 0. The Bertz CT molecular complexity index is 594. The first-order chi connectivity index (χ1) is 10.3. The Labute approximate surface area is 128 Å². The molecule has 1 aliphatic heterocycles. The summed E-state index contributed by atoms with van der Waals surface area (Å²) in [5.41, 5.74) is 3.32. The maximum absolute atomic E-state index is 5.50. The van der Waals surface area contributed by atoms with Gasteiger partial charge in [-0.15, -0.1) is 16.4 Å². The molecule has 0 saturated carbocycles. The van der Waals surface area contributed by atoms with Crippen molar-refractivity contribution in [2.24, 2.45) is 0 Å². The van der Waals surface area contributed by atoms with E-state index in [1.165, 1.54) is 5.69 Å². The molecule has 0 unspecified atom stereocenters. The van der Waals surface area contributed by atoms with Gasteiger partial charge in [0.15, 0.2) is 0 Å². The fraction of sp³-hybridized carbons (Fsp3) is 0.643. The van der Waals surface area contributed by atoms with Crippen LogP contribution in [0.1, 0.15) is 35.4 Å². The van der Waals surface area contributed by atoms with Crippen LogP contribution < -0.4 is 0 Å². The molecule has 3 heterocycles. The van der Waals surface area contributed by atoms with Crippen molar-refractivity contribution in [1.82, 2.24) is 24.9 Å². The molecule has 21 heavy (non-hydrogen) atoms. The van der Waals surface area contributed by atoms with Crippen molar-refractivity contribution in [2.75, 3.05) is 13.2 Å². The van der Waals surface area contributed by atoms with Gasteiger partial charge >= 0.3 is 0 Å². The van der Waals surface area contributed by atoms with E-state index >= 15 is 0 Å². The fourth-order valence-electron chi connectivity index (χ4n) is 2.61. The summed E-state index contributed by atoms with van der Waals surface area (Å²) in [6, 6.07) is 0. The first-order valence-corrected chi connectivity index (χ1v) is 8.26. The molecule has 0 fully saturated rings. The van der Waals surface area contributed by atoms with Crippen LogP contribution in [0, 0.1) is 6.92 Å². The molecule has 3 rings (SSSR count). The Hall–Kier alpha value is -1.31. The zero-order chi connectivity index (χ0) is 14.7. The predicted molar refractivity (Wildman–Crippen MR) is 80.9 cm³/mol. The fourth-order valence-corrected chi connectivity index (χ4v) is 3.22. The van der Waals surface area contributed by atoms with E-state index in [1.807, 2.05) is 11.6 Å². The van der Waals surface area contributed by atoms with Crippen molar-refractivity contribution in [3.05, 3.63) is 27.5 Å². The Kier molecular flexibility index (Phi) is 4.62. The van der Waals surface area contributed by atoms with E-state index in [0.717, 1.165) is 49.0 Å². The summed E-state index contributed by atoms with van der Waals surface area (Å²) < 4.78 is 7.53. The third kappa shape index (κ3) is 3.48. The van der Waals surface area contributed by atoms with Crippen LogP contribution in [0.15, 0.2) is 5.38 Å². The Morgan fingerprint density at radius 3 is 3.05 bits per heavy atom. The van der Waals surface area contributed by atoms with E-state index in [0.29, 0.717) is 13.2 Å². The number of aryl methyl sites for hydroxylation is 2. The summed E-state index contributed by atoms with van der Waals surface area (Å²) in [4.78, 5) is 6.99. The topological polar surface area (TPSA) is 56.1 Å². The van der Waals surface area contributed by atoms with E-state index < -0.39 is 0 Å². The van der Waals surface area contributed by atoms with Crippen molar-refractivity contribution >= 4 is 11.3 Å². The third-order valence-corrected chi connectivity index (χ3v) is 4.45. The maximum atomic E-state index is 5.50. The lowest BCUT2D eigenvalue weighted by atomic mass is 10.3. The molecule has 0 bridgehead atoms. The van der Waals surface area contributed by atoms with Gasteiger partial charge in [-0.1, -0.05) is 5.21 Å². The standard InChI is InChI=1S/C14H21N5OS/c1-3-20-9-13-14-8-18(5-4-6-19(14)17-16-13)7-12-10-21-11(2)15-12/h10H,3-9H2,1-2H3. The van der Waals surface area contributed by atoms with Crippen LogP contribution in [0.25, 0.3) is 0 Å². The van der Waals surface area contributed by atoms with E-state index in [9.17, 15) is 0 Å². The highest BCUT2D eigenvalue weighted by molar-refractivity contribution is 7.09. The molecule has 0 atom stereocenters. The van der Waals surface area contributed by atoms with Crippen molar-refractivity contribution in [1.29, 1.82) is 0 Å².